The molecule has 0 saturated heterocycles. The number of pyridine rings is 1. The fraction of sp³-hybridized carbons (Fsp3) is 0.118. The van der Waals surface area contributed by atoms with Crippen LogP contribution < -0.4 is 5.32 Å². The van der Waals surface area contributed by atoms with Crippen LogP contribution >= 0.6 is 11.3 Å². The molecule has 0 aliphatic carbocycles. The molecule has 0 bridgehead atoms. The van der Waals surface area contributed by atoms with Gasteiger partial charge in [-0.3, -0.25) is 9.78 Å². The summed E-state index contributed by atoms with van der Waals surface area (Å²) in [5, 5.41) is 4.06. The van der Waals surface area contributed by atoms with Crippen LogP contribution in [0.25, 0.3) is 10.7 Å². The molecule has 0 fully saturated rings. The van der Waals surface area contributed by atoms with Gasteiger partial charge >= 0.3 is 0 Å². The predicted octanol–water partition coefficient (Wildman–Crippen LogP) is 4.01. The summed E-state index contributed by atoms with van der Waals surface area (Å²) in [6, 6.07) is 5.43. The number of aryl methyl sites for hydroxylation is 1. The first-order valence-corrected chi connectivity index (χ1v) is 8.12. The summed E-state index contributed by atoms with van der Waals surface area (Å²) in [5.41, 5.74) is 0.136. The molecule has 4 nitrogen and oxygen atoms in total. The molecule has 0 aliphatic rings. The molecule has 3 rings (SSSR count). The maximum atomic E-state index is 13.6. The third-order valence-corrected chi connectivity index (χ3v) is 4.63. The Bertz CT molecular complexity index is 976. The third-order valence-electron chi connectivity index (χ3n) is 3.46. The summed E-state index contributed by atoms with van der Waals surface area (Å²) in [6.45, 7) is 0.828. The summed E-state index contributed by atoms with van der Waals surface area (Å²) >= 11 is 1.03. The van der Waals surface area contributed by atoms with E-state index < -0.39 is 41.3 Å². The average Bonchev–Trinajstić information content (AvgIpc) is 3.02. The summed E-state index contributed by atoms with van der Waals surface area (Å²) in [6.07, 6.45) is 1.58. The molecule has 2 aromatic heterocycles. The van der Waals surface area contributed by atoms with Gasteiger partial charge in [0.25, 0.3) is 5.91 Å². The first-order chi connectivity index (χ1) is 12.4. The van der Waals surface area contributed by atoms with E-state index >= 15 is 0 Å². The topological polar surface area (TPSA) is 57.0 Å². The van der Waals surface area contributed by atoms with E-state index in [0.717, 1.165) is 11.3 Å². The van der Waals surface area contributed by atoms with Gasteiger partial charge in [0.2, 0.25) is 0 Å². The van der Waals surface area contributed by atoms with Crippen LogP contribution in [-0.4, -0.2) is 15.9 Å². The lowest BCUT2D eigenvalue weighted by atomic mass is 10.1. The summed E-state index contributed by atoms with van der Waals surface area (Å²) in [7, 11) is 0. The van der Waals surface area contributed by atoms with Gasteiger partial charge in [-0.15, -0.1) is 11.3 Å². The van der Waals surface area contributed by atoms with Gasteiger partial charge in [-0.05, 0) is 19.1 Å². The zero-order chi connectivity index (χ0) is 18.8. The second kappa shape index (κ2) is 7.20. The molecule has 1 aromatic carbocycles. The molecular formula is C17H10F4N3OS. The smallest absolute Gasteiger partial charge is 0.266 e. The molecule has 9 heteroatoms. The Balaban J connectivity index is 1.80. The Morgan fingerprint density at radius 1 is 1.15 bits per heavy atom. The molecule has 0 saturated carbocycles. The number of hydrogen-bond acceptors (Lipinski definition) is 4. The highest BCUT2D eigenvalue weighted by Crippen LogP contribution is 2.27. The van der Waals surface area contributed by atoms with Crippen molar-refractivity contribution < 1.29 is 22.4 Å². The maximum absolute atomic E-state index is 13.6. The van der Waals surface area contributed by atoms with Gasteiger partial charge < -0.3 is 0 Å². The van der Waals surface area contributed by atoms with E-state index in [0.29, 0.717) is 16.4 Å². The van der Waals surface area contributed by atoms with Crippen molar-refractivity contribution >= 4 is 17.2 Å². The van der Waals surface area contributed by atoms with Crippen molar-refractivity contribution in [1.82, 2.24) is 15.3 Å². The number of hydrogen-bond donors (Lipinski definition) is 0. The molecule has 0 unspecified atom stereocenters. The van der Waals surface area contributed by atoms with Crippen LogP contribution in [-0.2, 0) is 6.54 Å². The van der Waals surface area contributed by atoms with Crippen molar-refractivity contribution in [2.24, 2.45) is 0 Å². The van der Waals surface area contributed by atoms with E-state index in [9.17, 15) is 22.4 Å². The van der Waals surface area contributed by atoms with Gasteiger partial charge in [-0.1, -0.05) is 6.07 Å². The lowest BCUT2D eigenvalue weighted by Gasteiger charge is -2.06. The fourth-order valence-corrected chi connectivity index (χ4v) is 3.11. The largest absolute Gasteiger partial charge is 0.284 e. The van der Waals surface area contributed by atoms with Crippen molar-refractivity contribution in [3.8, 4) is 10.7 Å². The van der Waals surface area contributed by atoms with Crippen molar-refractivity contribution in [2.75, 3.05) is 0 Å². The lowest BCUT2D eigenvalue weighted by Crippen LogP contribution is -2.17. The molecule has 0 N–H and O–H groups in total. The van der Waals surface area contributed by atoms with Gasteiger partial charge in [0, 0.05) is 17.8 Å². The second-order valence-corrected chi connectivity index (χ2v) is 6.22. The van der Waals surface area contributed by atoms with Crippen LogP contribution in [0.3, 0.4) is 0 Å². The average molecular weight is 380 g/mol. The van der Waals surface area contributed by atoms with E-state index in [4.69, 9.17) is 0 Å². The van der Waals surface area contributed by atoms with Crippen LogP contribution in [0.5, 0.6) is 0 Å². The van der Waals surface area contributed by atoms with Gasteiger partial charge in [0.1, 0.15) is 15.7 Å². The Labute approximate surface area is 149 Å². The zero-order valence-electron chi connectivity index (χ0n) is 13.3. The van der Waals surface area contributed by atoms with E-state index in [1.807, 2.05) is 0 Å². The SMILES string of the molecule is Cc1nc(-c2ccccn2)sc1C(=O)[N]Cc1c(F)cc(F)c(F)c1F. The Kier molecular flexibility index (Phi) is 4.99. The number of nitrogens with zero attached hydrogens (tertiary/aromatic N) is 3. The monoisotopic (exact) mass is 380 g/mol. The van der Waals surface area contributed by atoms with Crippen LogP contribution in [0.15, 0.2) is 30.5 Å². The molecule has 3 aromatic rings. The minimum absolute atomic E-state index is 0.175. The van der Waals surface area contributed by atoms with Crippen LogP contribution in [0, 0.1) is 30.2 Å². The molecular weight excluding hydrogens is 370 g/mol. The van der Waals surface area contributed by atoms with Gasteiger partial charge in [0.15, 0.2) is 17.5 Å². The third kappa shape index (κ3) is 3.43. The fourth-order valence-electron chi connectivity index (χ4n) is 2.17. The lowest BCUT2D eigenvalue weighted by molar-refractivity contribution is 0.0948. The van der Waals surface area contributed by atoms with Crippen LogP contribution in [0.2, 0.25) is 0 Å². The molecule has 1 radical (unpaired) electrons. The highest BCUT2D eigenvalue weighted by molar-refractivity contribution is 7.17. The van der Waals surface area contributed by atoms with Crippen molar-refractivity contribution in [3.05, 3.63) is 69.9 Å². The summed E-state index contributed by atoms with van der Waals surface area (Å²) < 4.78 is 53.4. The molecule has 2 heterocycles. The predicted molar refractivity (Wildman–Crippen MR) is 86.5 cm³/mol. The first kappa shape index (κ1) is 18.0. The number of aromatic nitrogens is 2. The van der Waals surface area contributed by atoms with E-state index in [2.05, 4.69) is 15.3 Å². The molecule has 1 amide bonds. The molecule has 0 aliphatic heterocycles. The number of amides is 1. The molecule has 26 heavy (non-hydrogen) atoms. The standard InChI is InChI=1S/C17H10F4N3OS/c1-8-15(26-17(24-8)12-4-2-3-5-22-12)16(25)23-7-9-10(18)6-11(19)14(21)13(9)20/h2-6H,7H2,1H3. The minimum Gasteiger partial charge on any atom is -0.266 e. The van der Waals surface area contributed by atoms with E-state index in [-0.39, 0.29) is 10.9 Å². The minimum atomic E-state index is -1.81. The van der Waals surface area contributed by atoms with Crippen LogP contribution in [0.1, 0.15) is 20.9 Å². The van der Waals surface area contributed by atoms with Gasteiger partial charge in [0.05, 0.1) is 17.9 Å². The number of carbonyl (C=O) groups excluding carboxylic acids is 1. The number of carbonyl (C=O) groups is 1. The Hall–Kier alpha value is -2.81. The normalized spacial score (nSPS) is 10.8. The second-order valence-electron chi connectivity index (χ2n) is 5.22. The summed E-state index contributed by atoms with van der Waals surface area (Å²) in [5.74, 6) is -7.23. The number of thiazole rings is 1. The van der Waals surface area contributed by atoms with Gasteiger partial charge in [-0.25, -0.2) is 27.9 Å². The Morgan fingerprint density at radius 3 is 2.62 bits per heavy atom. The quantitative estimate of drug-likeness (QED) is 0.390. The van der Waals surface area contributed by atoms with Crippen molar-refractivity contribution in [2.45, 2.75) is 13.5 Å². The zero-order valence-corrected chi connectivity index (χ0v) is 14.1. The Morgan fingerprint density at radius 2 is 1.92 bits per heavy atom. The molecule has 133 valence electrons. The maximum Gasteiger partial charge on any atom is 0.284 e. The number of benzene rings is 1. The van der Waals surface area contributed by atoms with Crippen molar-refractivity contribution in [3.63, 3.8) is 0 Å². The van der Waals surface area contributed by atoms with E-state index in [1.54, 1.807) is 31.3 Å². The number of rotatable bonds is 4. The first-order valence-electron chi connectivity index (χ1n) is 7.31. The summed E-state index contributed by atoms with van der Waals surface area (Å²) in [4.78, 5) is 20.8. The van der Waals surface area contributed by atoms with E-state index in [1.165, 1.54) is 0 Å². The number of halogens is 4. The highest BCUT2D eigenvalue weighted by Gasteiger charge is 2.22. The highest BCUT2D eigenvalue weighted by atomic mass is 32.1. The van der Waals surface area contributed by atoms with Crippen LogP contribution in [0.4, 0.5) is 17.6 Å². The van der Waals surface area contributed by atoms with Crippen molar-refractivity contribution in [1.29, 1.82) is 0 Å². The molecule has 0 atom stereocenters. The van der Waals surface area contributed by atoms with Gasteiger partial charge in [-0.2, -0.15) is 0 Å². The molecule has 0 spiro atoms.